The molecule has 0 atom stereocenters. The number of imidazole rings is 1. The molecule has 33 heavy (non-hydrogen) atoms. The predicted molar refractivity (Wildman–Crippen MR) is 132 cm³/mol. The molecule has 2 aromatic heterocycles. The topological polar surface area (TPSA) is 65.1 Å². The molecule has 0 saturated carbocycles. The first-order valence-electron chi connectivity index (χ1n) is 11.2. The lowest BCUT2D eigenvalue weighted by molar-refractivity contribution is 0.597. The van der Waals surface area contributed by atoms with Gasteiger partial charge in [0.1, 0.15) is 0 Å². The summed E-state index contributed by atoms with van der Waals surface area (Å²) in [4.78, 5) is 33.5. The Labute approximate surface area is 191 Å². The van der Waals surface area contributed by atoms with E-state index in [-0.39, 0.29) is 17.8 Å². The van der Waals surface area contributed by atoms with Gasteiger partial charge in [0.2, 0.25) is 5.95 Å². The standard InChI is InChI=1S/C26H27N5O2/c1-18-10-7-14-21(19(18)2)29-16-9-17-30-22-23(27-25(29)30)28(3)26(33)31(24(22)32)15-8-13-20-11-5-4-6-12-20/h4-8,10-14H,9,15-17H2,1-3H3. The number of aromatic nitrogens is 4. The lowest BCUT2D eigenvalue weighted by Crippen LogP contribution is -2.39. The summed E-state index contributed by atoms with van der Waals surface area (Å²) in [5.74, 6) is 0.717. The summed E-state index contributed by atoms with van der Waals surface area (Å²) < 4.78 is 4.74. The maximum absolute atomic E-state index is 13.5. The van der Waals surface area contributed by atoms with Crippen molar-refractivity contribution in [2.75, 3.05) is 11.4 Å². The fourth-order valence-electron chi connectivity index (χ4n) is 4.54. The summed E-state index contributed by atoms with van der Waals surface area (Å²) in [5, 5.41) is 0. The molecule has 1 aliphatic rings. The van der Waals surface area contributed by atoms with Crippen molar-refractivity contribution in [3.05, 3.63) is 92.1 Å². The molecule has 0 bridgehead atoms. The van der Waals surface area contributed by atoms with E-state index >= 15 is 0 Å². The monoisotopic (exact) mass is 441 g/mol. The smallest absolute Gasteiger partial charge is 0.312 e. The third-order valence-corrected chi connectivity index (χ3v) is 6.48. The maximum atomic E-state index is 13.5. The van der Waals surface area contributed by atoms with E-state index in [2.05, 4.69) is 30.9 Å². The van der Waals surface area contributed by atoms with E-state index < -0.39 is 0 Å². The van der Waals surface area contributed by atoms with Gasteiger partial charge in [-0.25, -0.2) is 4.79 Å². The van der Waals surface area contributed by atoms with Gasteiger partial charge in [-0.2, -0.15) is 4.98 Å². The van der Waals surface area contributed by atoms with E-state index in [0.29, 0.717) is 17.7 Å². The first-order chi connectivity index (χ1) is 16.0. The van der Waals surface area contributed by atoms with Crippen molar-refractivity contribution in [3.63, 3.8) is 0 Å². The van der Waals surface area contributed by atoms with E-state index in [4.69, 9.17) is 4.98 Å². The molecule has 0 amide bonds. The summed E-state index contributed by atoms with van der Waals surface area (Å²) in [6.45, 7) is 5.92. The number of benzene rings is 2. The SMILES string of the molecule is Cc1cccc(N2CCCn3c2nc2c3c(=O)n(CC=Cc3ccccc3)c(=O)n2C)c1C. The number of hydrogen-bond donors (Lipinski definition) is 0. The molecule has 0 fully saturated rings. The van der Waals surface area contributed by atoms with Crippen molar-refractivity contribution in [1.82, 2.24) is 18.7 Å². The van der Waals surface area contributed by atoms with Crippen molar-refractivity contribution in [2.45, 2.75) is 33.4 Å². The Hall–Kier alpha value is -3.87. The fourth-order valence-corrected chi connectivity index (χ4v) is 4.54. The second-order valence-electron chi connectivity index (χ2n) is 8.53. The summed E-state index contributed by atoms with van der Waals surface area (Å²) in [7, 11) is 1.68. The van der Waals surface area contributed by atoms with Gasteiger partial charge in [0.25, 0.3) is 5.56 Å². The van der Waals surface area contributed by atoms with Crippen LogP contribution in [0.1, 0.15) is 23.1 Å². The van der Waals surface area contributed by atoms with Crippen LogP contribution in [0.15, 0.2) is 64.2 Å². The highest BCUT2D eigenvalue weighted by molar-refractivity contribution is 5.77. The minimum absolute atomic E-state index is 0.206. The average molecular weight is 442 g/mol. The molecule has 4 aromatic rings. The number of anilines is 2. The lowest BCUT2D eigenvalue weighted by atomic mass is 10.1. The van der Waals surface area contributed by atoms with E-state index in [1.54, 1.807) is 7.05 Å². The molecule has 7 heteroatoms. The quantitative estimate of drug-likeness (QED) is 0.484. The molecular formula is C26H27N5O2. The minimum atomic E-state index is -0.362. The number of nitrogens with zero attached hydrogens (tertiary/aromatic N) is 5. The Morgan fingerprint density at radius 2 is 1.79 bits per heavy atom. The van der Waals surface area contributed by atoms with Gasteiger partial charge in [-0.1, -0.05) is 54.6 Å². The third-order valence-electron chi connectivity index (χ3n) is 6.48. The first kappa shape index (κ1) is 21.0. The second-order valence-corrected chi connectivity index (χ2v) is 8.53. The molecule has 0 unspecified atom stereocenters. The summed E-state index contributed by atoms with van der Waals surface area (Å²) in [6.07, 6.45) is 4.66. The van der Waals surface area contributed by atoms with Gasteiger partial charge in [-0.05, 0) is 43.0 Å². The summed E-state index contributed by atoms with van der Waals surface area (Å²) in [6, 6.07) is 16.1. The third kappa shape index (κ3) is 3.50. The normalized spacial score (nSPS) is 13.7. The largest absolute Gasteiger partial charge is 0.332 e. The molecule has 3 heterocycles. The highest BCUT2D eigenvalue weighted by atomic mass is 16.2. The van der Waals surface area contributed by atoms with Crippen LogP contribution in [-0.4, -0.2) is 25.2 Å². The van der Waals surface area contributed by atoms with E-state index in [9.17, 15) is 9.59 Å². The predicted octanol–water partition coefficient (Wildman–Crippen LogP) is 3.77. The molecule has 7 nitrogen and oxygen atoms in total. The van der Waals surface area contributed by atoms with Gasteiger partial charge in [-0.3, -0.25) is 13.9 Å². The second kappa shape index (κ2) is 8.24. The Kier molecular flexibility index (Phi) is 5.24. The average Bonchev–Trinajstić information content (AvgIpc) is 3.22. The Bertz CT molecular complexity index is 1490. The van der Waals surface area contributed by atoms with Crippen molar-refractivity contribution in [1.29, 1.82) is 0 Å². The van der Waals surface area contributed by atoms with Gasteiger partial charge in [-0.15, -0.1) is 0 Å². The van der Waals surface area contributed by atoms with E-state index in [1.165, 1.54) is 20.3 Å². The van der Waals surface area contributed by atoms with Gasteiger partial charge in [0, 0.05) is 32.4 Å². The van der Waals surface area contributed by atoms with E-state index in [1.807, 2.05) is 53.1 Å². The van der Waals surface area contributed by atoms with Crippen LogP contribution >= 0.6 is 0 Å². The molecule has 0 saturated heterocycles. The zero-order chi connectivity index (χ0) is 23.1. The summed E-state index contributed by atoms with van der Waals surface area (Å²) in [5.41, 5.74) is 4.76. The minimum Gasteiger partial charge on any atom is -0.312 e. The van der Waals surface area contributed by atoms with Crippen LogP contribution in [0.4, 0.5) is 11.6 Å². The van der Waals surface area contributed by atoms with Gasteiger partial charge < -0.3 is 9.47 Å². The van der Waals surface area contributed by atoms with Crippen LogP contribution in [0, 0.1) is 13.8 Å². The zero-order valence-corrected chi connectivity index (χ0v) is 19.2. The summed E-state index contributed by atoms with van der Waals surface area (Å²) >= 11 is 0. The van der Waals surface area contributed by atoms with Crippen LogP contribution in [0.5, 0.6) is 0 Å². The van der Waals surface area contributed by atoms with Crippen LogP contribution in [-0.2, 0) is 20.1 Å². The molecule has 168 valence electrons. The van der Waals surface area contributed by atoms with Gasteiger partial charge >= 0.3 is 5.69 Å². The zero-order valence-electron chi connectivity index (χ0n) is 19.2. The Balaban J connectivity index is 1.63. The highest BCUT2D eigenvalue weighted by Gasteiger charge is 2.27. The molecule has 2 aromatic carbocycles. The number of hydrogen-bond acceptors (Lipinski definition) is 4. The van der Waals surface area contributed by atoms with Crippen molar-refractivity contribution in [2.24, 2.45) is 7.05 Å². The number of rotatable bonds is 4. The molecule has 0 aliphatic carbocycles. The molecular weight excluding hydrogens is 414 g/mol. The van der Waals surface area contributed by atoms with Gasteiger partial charge in [0.05, 0.1) is 0 Å². The Morgan fingerprint density at radius 3 is 2.58 bits per heavy atom. The number of aryl methyl sites for hydroxylation is 3. The van der Waals surface area contributed by atoms with Crippen LogP contribution in [0.2, 0.25) is 0 Å². The fraction of sp³-hybridized carbons (Fsp3) is 0.269. The van der Waals surface area contributed by atoms with Gasteiger partial charge in [0.15, 0.2) is 11.2 Å². The van der Waals surface area contributed by atoms with E-state index in [0.717, 1.165) is 30.2 Å². The molecule has 0 spiro atoms. The Morgan fingerprint density at radius 1 is 1.00 bits per heavy atom. The molecule has 0 N–H and O–H groups in total. The molecule has 0 radical (unpaired) electrons. The van der Waals surface area contributed by atoms with Crippen LogP contribution in [0.3, 0.4) is 0 Å². The van der Waals surface area contributed by atoms with Crippen molar-refractivity contribution < 1.29 is 0 Å². The molecule has 1 aliphatic heterocycles. The van der Waals surface area contributed by atoms with Crippen LogP contribution < -0.4 is 16.1 Å². The van der Waals surface area contributed by atoms with Crippen LogP contribution in [0.25, 0.3) is 17.2 Å². The highest BCUT2D eigenvalue weighted by Crippen LogP contribution is 2.33. The number of fused-ring (bicyclic) bond motifs is 3. The molecule has 5 rings (SSSR count). The van der Waals surface area contributed by atoms with Crippen molar-refractivity contribution >= 4 is 28.9 Å². The number of allylic oxidation sites excluding steroid dienone is 1. The lowest BCUT2D eigenvalue weighted by Gasteiger charge is -2.30. The maximum Gasteiger partial charge on any atom is 0.332 e. The first-order valence-corrected chi connectivity index (χ1v) is 11.2. The van der Waals surface area contributed by atoms with Crippen molar-refractivity contribution in [3.8, 4) is 0 Å².